The van der Waals surface area contributed by atoms with Crippen LogP contribution in [0.3, 0.4) is 0 Å². The highest BCUT2D eigenvalue weighted by Gasteiger charge is 2.31. The van der Waals surface area contributed by atoms with Crippen molar-refractivity contribution in [2.45, 2.75) is 20.8 Å². The van der Waals surface area contributed by atoms with E-state index in [1.54, 1.807) is 6.92 Å². The predicted octanol–water partition coefficient (Wildman–Crippen LogP) is 3.30. The Morgan fingerprint density at radius 3 is 2.56 bits per heavy atom. The molecule has 0 spiro atoms. The third-order valence-electron chi connectivity index (χ3n) is 2.71. The van der Waals surface area contributed by atoms with E-state index < -0.39 is 17.1 Å². The van der Waals surface area contributed by atoms with Crippen LogP contribution in [-0.2, 0) is 4.79 Å². The van der Waals surface area contributed by atoms with Crippen molar-refractivity contribution < 1.29 is 9.18 Å². The zero-order valence-corrected chi connectivity index (χ0v) is 11.5. The fourth-order valence-electron chi connectivity index (χ4n) is 1.47. The average Bonchev–Trinajstić information content (AvgIpc) is 2.32. The molecule has 0 N–H and O–H groups in total. The van der Waals surface area contributed by atoms with Crippen molar-refractivity contribution in [3.05, 3.63) is 28.5 Å². The lowest BCUT2D eigenvalue weighted by molar-refractivity contribution is -0.123. The standard InChI is InChI=1S/C13H14ClFN2O/c1-8-5-9(14)11(6-10(8)15)17(4)12(18)13(2,3)7-16/h5-6H,1-4H3. The van der Waals surface area contributed by atoms with Gasteiger partial charge in [0.15, 0.2) is 0 Å². The van der Waals surface area contributed by atoms with Crippen LogP contribution in [-0.4, -0.2) is 13.0 Å². The first-order chi connectivity index (χ1) is 8.20. The summed E-state index contributed by atoms with van der Waals surface area (Å²) in [4.78, 5) is 13.3. The van der Waals surface area contributed by atoms with Crippen molar-refractivity contribution in [2.24, 2.45) is 5.41 Å². The van der Waals surface area contributed by atoms with Crippen molar-refractivity contribution in [3.8, 4) is 6.07 Å². The van der Waals surface area contributed by atoms with E-state index in [4.69, 9.17) is 16.9 Å². The van der Waals surface area contributed by atoms with E-state index in [9.17, 15) is 9.18 Å². The molecule has 1 amide bonds. The number of anilines is 1. The van der Waals surface area contributed by atoms with Gasteiger partial charge < -0.3 is 4.90 Å². The highest BCUT2D eigenvalue weighted by molar-refractivity contribution is 6.34. The Kier molecular flexibility index (Phi) is 3.98. The monoisotopic (exact) mass is 268 g/mol. The number of halogens is 2. The van der Waals surface area contributed by atoms with Crippen molar-refractivity contribution in [1.29, 1.82) is 5.26 Å². The van der Waals surface area contributed by atoms with E-state index in [1.165, 1.54) is 37.9 Å². The van der Waals surface area contributed by atoms with Gasteiger partial charge in [0.05, 0.1) is 16.8 Å². The Balaban J connectivity index is 3.21. The van der Waals surface area contributed by atoms with E-state index >= 15 is 0 Å². The Morgan fingerprint density at radius 1 is 1.50 bits per heavy atom. The summed E-state index contributed by atoms with van der Waals surface area (Å²) >= 11 is 5.99. The Morgan fingerprint density at radius 2 is 2.06 bits per heavy atom. The lowest BCUT2D eigenvalue weighted by Gasteiger charge is -2.25. The van der Waals surface area contributed by atoms with Gasteiger partial charge in [-0.2, -0.15) is 5.26 Å². The van der Waals surface area contributed by atoms with E-state index in [0.29, 0.717) is 5.56 Å². The minimum Gasteiger partial charge on any atom is -0.313 e. The molecular formula is C13H14ClFN2O. The number of rotatable bonds is 2. The fraction of sp³-hybridized carbons (Fsp3) is 0.385. The van der Waals surface area contributed by atoms with E-state index in [1.807, 2.05) is 6.07 Å². The van der Waals surface area contributed by atoms with Crippen LogP contribution < -0.4 is 4.90 Å². The zero-order chi connectivity index (χ0) is 14.1. The quantitative estimate of drug-likeness (QED) is 0.826. The van der Waals surface area contributed by atoms with Gasteiger partial charge in [0.25, 0.3) is 0 Å². The first kappa shape index (κ1) is 14.5. The third kappa shape index (κ3) is 2.62. The number of amides is 1. The van der Waals surface area contributed by atoms with Gasteiger partial charge in [-0.05, 0) is 38.5 Å². The Bertz CT molecular complexity index is 535. The SMILES string of the molecule is Cc1cc(Cl)c(N(C)C(=O)C(C)(C)C#N)cc1F. The molecule has 1 aromatic rings. The summed E-state index contributed by atoms with van der Waals surface area (Å²) in [5, 5.41) is 9.20. The molecule has 0 saturated carbocycles. The van der Waals surface area contributed by atoms with Crippen LogP contribution in [0.1, 0.15) is 19.4 Å². The topological polar surface area (TPSA) is 44.1 Å². The van der Waals surface area contributed by atoms with Crippen LogP contribution in [0.5, 0.6) is 0 Å². The van der Waals surface area contributed by atoms with Gasteiger partial charge in [0, 0.05) is 7.05 Å². The van der Waals surface area contributed by atoms with Crippen molar-refractivity contribution in [1.82, 2.24) is 0 Å². The molecule has 1 aromatic carbocycles. The maximum atomic E-state index is 13.5. The summed E-state index contributed by atoms with van der Waals surface area (Å²) in [7, 11) is 1.47. The van der Waals surface area contributed by atoms with Gasteiger partial charge in [0.1, 0.15) is 11.2 Å². The molecule has 0 aromatic heterocycles. The summed E-state index contributed by atoms with van der Waals surface area (Å²) in [5.74, 6) is -0.876. The Hall–Kier alpha value is -1.60. The first-order valence-electron chi connectivity index (χ1n) is 5.35. The molecule has 0 atom stereocenters. The third-order valence-corrected chi connectivity index (χ3v) is 3.01. The van der Waals surface area contributed by atoms with Gasteiger partial charge in [-0.15, -0.1) is 0 Å². The van der Waals surface area contributed by atoms with Crippen molar-refractivity contribution >= 4 is 23.2 Å². The number of carbonyl (C=O) groups excluding carboxylic acids is 1. The van der Waals surface area contributed by atoms with Gasteiger partial charge in [-0.1, -0.05) is 11.6 Å². The van der Waals surface area contributed by atoms with Crippen molar-refractivity contribution in [2.75, 3.05) is 11.9 Å². The van der Waals surface area contributed by atoms with Crippen LogP contribution in [0.15, 0.2) is 12.1 Å². The van der Waals surface area contributed by atoms with Crippen LogP contribution in [0.2, 0.25) is 5.02 Å². The molecule has 5 heteroatoms. The molecule has 0 saturated heterocycles. The molecule has 0 aliphatic rings. The number of benzene rings is 1. The minimum absolute atomic E-state index is 0.257. The van der Waals surface area contributed by atoms with Gasteiger partial charge in [0.2, 0.25) is 5.91 Å². The molecule has 0 aliphatic carbocycles. The molecule has 1 rings (SSSR count). The van der Waals surface area contributed by atoms with Crippen LogP contribution in [0, 0.1) is 29.5 Å². The molecule has 0 bridgehead atoms. The van der Waals surface area contributed by atoms with Crippen molar-refractivity contribution in [3.63, 3.8) is 0 Å². The molecule has 96 valence electrons. The summed E-state index contributed by atoms with van der Waals surface area (Å²) in [5.41, 5.74) is -0.517. The lowest BCUT2D eigenvalue weighted by atomic mass is 9.94. The second-order valence-corrected chi connectivity index (χ2v) is 5.06. The minimum atomic E-state index is -1.18. The molecule has 0 heterocycles. The second-order valence-electron chi connectivity index (χ2n) is 4.65. The fourth-order valence-corrected chi connectivity index (χ4v) is 1.81. The van der Waals surface area contributed by atoms with E-state index in [0.717, 1.165) is 0 Å². The smallest absolute Gasteiger partial charge is 0.246 e. The average molecular weight is 269 g/mol. The van der Waals surface area contributed by atoms with E-state index in [-0.39, 0.29) is 10.7 Å². The highest BCUT2D eigenvalue weighted by Crippen LogP contribution is 2.30. The van der Waals surface area contributed by atoms with Crippen LogP contribution in [0.25, 0.3) is 0 Å². The van der Waals surface area contributed by atoms with Gasteiger partial charge in [-0.3, -0.25) is 4.79 Å². The number of aryl methyl sites for hydroxylation is 1. The molecule has 3 nitrogen and oxygen atoms in total. The van der Waals surface area contributed by atoms with Gasteiger partial charge in [-0.25, -0.2) is 4.39 Å². The number of hydrogen-bond acceptors (Lipinski definition) is 2. The lowest BCUT2D eigenvalue weighted by Crippen LogP contribution is -2.37. The second kappa shape index (κ2) is 4.95. The zero-order valence-electron chi connectivity index (χ0n) is 10.7. The maximum Gasteiger partial charge on any atom is 0.246 e. The van der Waals surface area contributed by atoms with Gasteiger partial charge >= 0.3 is 0 Å². The van der Waals surface area contributed by atoms with Crippen LogP contribution >= 0.6 is 11.6 Å². The summed E-state index contributed by atoms with van der Waals surface area (Å²) < 4.78 is 13.5. The molecular weight excluding hydrogens is 255 g/mol. The molecule has 18 heavy (non-hydrogen) atoms. The summed E-state index contributed by atoms with van der Waals surface area (Å²) in [6.45, 7) is 4.60. The number of hydrogen-bond donors (Lipinski definition) is 0. The number of nitriles is 1. The number of carbonyl (C=O) groups is 1. The molecule has 0 unspecified atom stereocenters. The normalized spacial score (nSPS) is 10.9. The van der Waals surface area contributed by atoms with E-state index in [2.05, 4.69) is 0 Å². The van der Waals surface area contributed by atoms with Crippen LogP contribution in [0.4, 0.5) is 10.1 Å². The largest absolute Gasteiger partial charge is 0.313 e. The molecule has 0 aliphatic heterocycles. The highest BCUT2D eigenvalue weighted by atomic mass is 35.5. The summed E-state index contributed by atoms with van der Waals surface area (Å²) in [6, 6.07) is 4.56. The Labute approximate surface area is 111 Å². The maximum absolute atomic E-state index is 13.5. The predicted molar refractivity (Wildman–Crippen MR) is 69.0 cm³/mol. The molecule has 0 fully saturated rings. The first-order valence-corrected chi connectivity index (χ1v) is 5.73. The number of nitrogens with zero attached hydrogens (tertiary/aromatic N) is 2. The molecule has 0 radical (unpaired) electrons. The summed E-state index contributed by atoms with van der Waals surface area (Å²) in [6.07, 6.45) is 0.